The molecule has 2 aromatic carbocycles. The molecule has 0 nitrogen and oxygen atoms in total. The molecule has 0 bridgehead atoms. The molecule has 32 heavy (non-hydrogen) atoms. The molecule has 0 radical (unpaired) electrons. The summed E-state index contributed by atoms with van der Waals surface area (Å²) in [6.07, 6.45) is 20.2. The van der Waals surface area contributed by atoms with E-state index in [9.17, 15) is 0 Å². The summed E-state index contributed by atoms with van der Waals surface area (Å²) >= 11 is 0. The lowest BCUT2D eigenvalue weighted by Gasteiger charge is -2.42. The van der Waals surface area contributed by atoms with E-state index in [0.717, 1.165) is 36.5 Å². The van der Waals surface area contributed by atoms with Gasteiger partial charge in [-0.05, 0) is 90.9 Å². The van der Waals surface area contributed by atoms with E-state index in [1.54, 1.807) is 5.56 Å². The van der Waals surface area contributed by atoms with Crippen molar-refractivity contribution < 1.29 is 0 Å². The van der Waals surface area contributed by atoms with Crippen LogP contribution in [-0.2, 0) is 6.42 Å². The fraction of sp³-hybridized carbons (Fsp3) is 0.562. The maximum atomic E-state index is 3.83. The van der Waals surface area contributed by atoms with Crippen LogP contribution in [0.25, 0.3) is 11.1 Å². The summed E-state index contributed by atoms with van der Waals surface area (Å²) in [5.74, 6) is 3.83. The van der Waals surface area contributed by atoms with Crippen molar-refractivity contribution in [2.75, 3.05) is 0 Å². The molecule has 0 saturated heterocycles. The first-order valence-corrected chi connectivity index (χ1v) is 13.6. The van der Waals surface area contributed by atoms with E-state index in [2.05, 4.69) is 62.0 Å². The Bertz CT molecular complexity index is 812. The van der Waals surface area contributed by atoms with E-state index < -0.39 is 0 Å². The Balaban J connectivity index is 1.29. The van der Waals surface area contributed by atoms with E-state index in [1.807, 2.05) is 6.08 Å². The minimum absolute atomic E-state index is 0.785. The molecule has 0 N–H and O–H groups in total. The van der Waals surface area contributed by atoms with Gasteiger partial charge in [0.25, 0.3) is 0 Å². The SMILES string of the molecule is C=CCCc1ccc(-c2ccc(C3CCC4CC(CCCCCC)CCC4C3)cc2)cc1. The first kappa shape index (κ1) is 23.3. The van der Waals surface area contributed by atoms with Crippen LogP contribution in [0, 0.1) is 17.8 Å². The second-order valence-corrected chi connectivity index (χ2v) is 10.7. The number of allylic oxidation sites excluding steroid dienone is 1. The molecule has 2 aromatic rings. The van der Waals surface area contributed by atoms with Crippen molar-refractivity contribution in [2.24, 2.45) is 17.8 Å². The molecule has 0 aliphatic heterocycles. The second kappa shape index (κ2) is 11.9. The van der Waals surface area contributed by atoms with Crippen molar-refractivity contribution in [3.8, 4) is 11.1 Å². The average Bonchev–Trinajstić information content (AvgIpc) is 2.85. The highest BCUT2D eigenvalue weighted by atomic mass is 14.4. The largest absolute Gasteiger partial charge is 0.103 e. The van der Waals surface area contributed by atoms with Gasteiger partial charge in [0, 0.05) is 0 Å². The van der Waals surface area contributed by atoms with Gasteiger partial charge in [0.05, 0.1) is 0 Å². The summed E-state index contributed by atoms with van der Waals surface area (Å²) in [5.41, 5.74) is 5.66. The molecular weight excluding hydrogens is 384 g/mol. The molecule has 0 aromatic heterocycles. The molecule has 2 aliphatic rings. The topological polar surface area (TPSA) is 0 Å². The normalized spacial score (nSPS) is 25.3. The molecular formula is C32H44. The van der Waals surface area contributed by atoms with Gasteiger partial charge in [0.2, 0.25) is 0 Å². The molecule has 4 atom stereocenters. The molecule has 2 saturated carbocycles. The molecule has 4 unspecified atom stereocenters. The van der Waals surface area contributed by atoms with Crippen LogP contribution < -0.4 is 0 Å². The number of hydrogen-bond donors (Lipinski definition) is 0. The van der Waals surface area contributed by atoms with Crippen molar-refractivity contribution in [1.82, 2.24) is 0 Å². The molecule has 0 heteroatoms. The van der Waals surface area contributed by atoms with E-state index in [4.69, 9.17) is 0 Å². The summed E-state index contributed by atoms with van der Waals surface area (Å²) < 4.78 is 0. The van der Waals surface area contributed by atoms with Crippen LogP contribution in [0.15, 0.2) is 61.2 Å². The van der Waals surface area contributed by atoms with Crippen LogP contribution in [0.3, 0.4) is 0 Å². The Morgan fingerprint density at radius 2 is 1.47 bits per heavy atom. The Morgan fingerprint density at radius 3 is 2.19 bits per heavy atom. The van der Waals surface area contributed by atoms with Crippen LogP contribution in [-0.4, -0.2) is 0 Å². The van der Waals surface area contributed by atoms with Gasteiger partial charge in [-0.15, -0.1) is 6.58 Å². The van der Waals surface area contributed by atoms with Crippen LogP contribution >= 0.6 is 0 Å². The zero-order valence-electron chi connectivity index (χ0n) is 20.4. The fourth-order valence-corrected chi connectivity index (χ4v) is 6.49. The molecule has 0 heterocycles. The van der Waals surface area contributed by atoms with Gasteiger partial charge in [-0.3, -0.25) is 0 Å². The summed E-state index contributed by atoms with van der Waals surface area (Å²) in [7, 11) is 0. The standard InChI is InChI=1S/C32H44/c1-3-5-7-8-10-26-13-16-32-24-31(22-21-30(32)23-26)29-19-17-28(18-20-29)27-14-11-25(12-15-27)9-6-4-2/h4,11-12,14-15,17-20,26,30-32H,2-3,5-10,13,16,21-24H2,1H3. The van der Waals surface area contributed by atoms with Gasteiger partial charge in [-0.25, -0.2) is 0 Å². The third-order valence-corrected chi connectivity index (χ3v) is 8.49. The minimum Gasteiger partial charge on any atom is -0.103 e. The number of rotatable bonds is 10. The molecule has 2 aliphatic carbocycles. The first-order valence-electron chi connectivity index (χ1n) is 13.6. The lowest BCUT2D eigenvalue weighted by molar-refractivity contribution is 0.113. The highest BCUT2D eigenvalue weighted by Crippen LogP contribution is 2.48. The lowest BCUT2D eigenvalue weighted by atomic mass is 9.63. The highest BCUT2D eigenvalue weighted by Gasteiger charge is 2.35. The minimum atomic E-state index is 0.785. The summed E-state index contributed by atoms with van der Waals surface area (Å²) in [5, 5.41) is 0. The van der Waals surface area contributed by atoms with Crippen molar-refractivity contribution in [2.45, 2.75) is 96.3 Å². The lowest BCUT2D eigenvalue weighted by Crippen LogP contribution is -2.30. The molecule has 4 rings (SSSR count). The first-order chi connectivity index (χ1) is 15.8. The van der Waals surface area contributed by atoms with Crippen molar-refractivity contribution >= 4 is 0 Å². The summed E-state index contributed by atoms with van der Waals surface area (Å²) in [6.45, 7) is 6.15. The van der Waals surface area contributed by atoms with Gasteiger partial charge < -0.3 is 0 Å². The Hall–Kier alpha value is -1.82. The van der Waals surface area contributed by atoms with Crippen molar-refractivity contribution in [3.63, 3.8) is 0 Å². The van der Waals surface area contributed by atoms with Gasteiger partial charge in [-0.2, -0.15) is 0 Å². The number of benzene rings is 2. The molecule has 0 spiro atoms. The summed E-state index contributed by atoms with van der Waals surface area (Å²) in [4.78, 5) is 0. The third kappa shape index (κ3) is 6.15. The number of hydrogen-bond acceptors (Lipinski definition) is 0. The zero-order valence-corrected chi connectivity index (χ0v) is 20.4. The van der Waals surface area contributed by atoms with Gasteiger partial charge in [-0.1, -0.05) is 100 Å². The number of fused-ring (bicyclic) bond motifs is 1. The number of aryl methyl sites for hydroxylation is 1. The second-order valence-electron chi connectivity index (χ2n) is 10.7. The Kier molecular flexibility index (Phi) is 8.66. The Morgan fingerprint density at radius 1 is 0.781 bits per heavy atom. The van der Waals surface area contributed by atoms with Gasteiger partial charge in [0.1, 0.15) is 0 Å². The zero-order chi connectivity index (χ0) is 22.2. The van der Waals surface area contributed by atoms with Crippen LogP contribution in [0.4, 0.5) is 0 Å². The quantitative estimate of drug-likeness (QED) is 0.261. The predicted octanol–water partition coefficient (Wildman–Crippen LogP) is 9.74. The molecule has 172 valence electrons. The molecule has 2 fully saturated rings. The van der Waals surface area contributed by atoms with Gasteiger partial charge in [0.15, 0.2) is 0 Å². The van der Waals surface area contributed by atoms with Gasteiger partial charge >= 0.3 is 0 Å². The van der Waals surface area contributed by atoms with E-state index in [-0.39, 0.29) is 0 Å². The average molecular weight is 429 g/mol. The van der Waals surface area contributed by atoms with Crippen LogP contribution in [0.1, 0.15) is 101 Å². The predicted molar refractivity (Wildman–Crippen MR) is 140 cm³/mol. The van der Waals surface area contributed by atoms with E-state index in [1.165, 1.54) is 87.3 Å². The van der Waals surface area contributed by atoms with Crippen molar-refractivity contribution in [3.05, 3.63) is 72.3 Å². The molecule has 0 amide bonds. The third-order valence-electron chi connectivity index (χ3n) is 8.49. The monoisotopic (exact) mass is 428 g/mol. The maximum absolute atomic E-state index is 3.83. The number of unbranched alkanes of at least 4 members (excludes halogenated alkanes) is 3. The fourth-order valence-electron chi connectivity index (χ4n) is 6.49. The van der Waals surface area contributed by atoms with E-state index >= 15 is 0 Å². The van der Waals surface area contributed by atoms with Crippen LogP contribution in [0.5, 0.6) is 0 Å². The maximum Gasteiger partial charge on any atom is -0.0159 e. The van der Waals surface area contributed by atoms with Crippen LogP contribution in [0.2, 0.25) is 0 Å². The Labute approximate surface area is 197 Å². The highest BCUT2D eigenvalue weighted by molar-refractivity contribution is 5.64. The van der Waals surface area contributed by atoms with E-state index in [0.29, 0.717) is 0 Å². The smallest absolute Gasteiger partial charge is 0.0159 e. The van der Waals surface area contributed by atoms with Crippen molar-refractivity contribution in [1.29, 1.82) is 0 Å². The summed E-state index contributed by atoms with van der Waals surface area (Å²) in [6, 6.07) is 18.7.